The molecule has 0 bridgehead atoms. The molecule has 45 heavy (non-hydrogen) atoms. The number of carbonyl (C=O) groups is 1. The number of amides is 1. The van der Waals surface area contributed by atoms with Crippen molar-refractivity contribution in [1.82, 2.24) is 55.0 Å². The van der Waals surface area contributed by atoms with Crippen LogP contribution in [0.3, 0.4) is 0 Å². The van der Waals surface area contributed by atoms with Crippen LogP contribution >= 0.6 is 0 Å². The van der Waals surface area contributed by atoms with Crippen molar-refractivity contribution in [3.8, 4) is 5.82 Å². The molecule has 0 saturated heterocycles. The molecule has 7 rings (SSSR count). The Hall–Kier alpha value is -4.79. The van der Waals surface area contributed by atoms with Crippen LogP contribution in [0.2, 0.25) is 0 Å². The summed E-state index contributed by atoms with van der Waals surface area (Å²) < 4.78 is 22.5. The Bertz CT molecular complexity index is 1820. The summed E-state index contributed by atoms with van der Waals surface area (Å²) in [4.78, 5) is 32.3. The first kappa shape index (κ1) is 29.0. The number of aromatic nitrogens is 10. The molecule has 1 atom stereocenters. The SMILES string of the molecule is CO[C@]1(C(=O)N[C@@H](C)c2cnc(-n3cc(F)cn3)cn2)CC[C@H](c2nc(Nc3cc(C)[nH]n3)c3cnn(CC4CC4)c3n2)CC1. The number of hydrogen-bond acceptors (Lipinski definition) is 10. The standard InChI is InChI=1S/C30H35FN12O2/c1-17-10-24(41-40-17)37-27-22-12-35-43(15-19-4-5-19)28(22)39-26(38-27)20-6-8-30(45-3,9-7-20)29(44)36-18(2)23-13-33-25(14-32-23)42-16-21(31)11-34-42/h10-14,16,18-20H,4-9,15H2,1-3H3,(H,36,44)(H2,37,38,39,40,41)/t18-,20-,30+/m0/s1. The Morgan fingerprint density at radius 2 is 1.96 bits per heavy atom. The highest BCUT2D eigenvalue weighted by atomic mass is 19.1. The van der Waals surface area contributed by atoms with Crippen molar-refractivity contribution in [3.05, 3.63) is 60.1 Å². The summed E-state index contributed by atoms with van der Waals surface area (Å²) in [5.74, 6) is 2.46. The van der Waals surface area contributed by atoms with Crippen LogP contribution in [0.25, 0.3) is 16.9 Å². The minimum Gasteiger partial charge on any atom is -0.368 e. The van der Waals surface area contributed by atoms with Crippen molar-refractivity contribution in [2.24, 2.45) is 5.92 Å². The zero-order valence-corrected chi connectivity index (χ0v) is 25.4. The molecule has 15 heteroatoms. The van der Waals surface area contributed by atoms with Crippen LogP contribution in [0.1, 0.15) is 74.6 Å². The molecule has 0 radical (unpaired) electrons. The number of H-pyrrole nitrogens is 1. The quantitative estimate of drug-likeness (QED) is 0.209. The van der Waals surface area contributed by atoms with Crippen LogP contribution in [0.4, 0.5) is 16.0 Å². The first-order valence-electron chi connectivity index (χ1n) is 15.2. The smallest absolute Gasteiger partial charge is 0.252 e. The largest absolute Gasteiger partial charge is 0.368 e. The highest BCUT2D eigenvalue weighted by Crippen LogP contribution is 2.40. The highest BCUT2D eigenvalue weighted by molar-refractivity contribution is 5.88. The molecule has 0 aromatic carbocycles. The topological polar surface area (TPSA) is 166 Å². The van der Waals surface area contributed by atoms with E-state index in [-0.39, 0.29) is 11.8 Å². The number of carbonyl (C=O) groups excluding carboxylic acids is 1. The molecular formula is C30H35FN12O2. The molecule has 2 fully saturated rings. The van der Waals surface area contributed by atoms with E-state index in [1.807, 2.05) is 30.8 Å². The summed E-state index contributed by atoms with van der Waals surface area (Å²) in [6.45, 7) is 4.63. The molecule has 5 aromatic rings. The van der Waals surface area contributed by atoms with Gasteiger partial charge in [-0.3, -0.25) is 14.9 Å². The number of hydrogen-bond donors (Lipinski definition) is 3. The average molecular weight is 615 g/mol. The van der Waals surface area contributed by atoms with E-state index in [0.29, 0.717) is 54.7 Å². The number of anilines is 2. The van der Waals surface area contributed by atoms with E-state index in [2.05, 4.69) is 41.0 Å². The molecule has 2 aliphatic rings. The number of aromatic amines is 1. The van der Waals surface area contributed by atoms with Crippen molar-refractivity contribution in [3.63, 3.8) is 0 Å². The second-order valence-corrected chi connectivity index (χ2v) is 12.1. The van der Waals surface area contributed by atoms with E-state index < -0.39 is 17.5 Å². The predicted octanol–water partition coefficient (Wildman–Crippen LogP) is 4.05. The van der Waals surface area contributed by atoms with E-state index >= 15 is 0 Å². The van der Waals surface area contributed by atoms with Crippen LogP contribution in [-0.4, -0.2) is 68.3 Å². The van der Waals surface area contributed by atoms with Gasteiger partial charge in [-0.05, 0) is 58.3 Å². The van der Waals surface area contributed by atoms with Gasteiger partial charge in [0.25, 0.3) is 5.91 Å². The lowest BCUT2D eigenvalue weighted by molar-refractivity contribution is -0.148. The molecular weight excluding hydrogens is 579 g/mol. The van der Waals surface area contributed by atoms with E-state index in [1.54, 1.807) is 13.3 Å². The zero-order chi connectivity index (χ0) is 31.1. The predicted molar refractivity (Wildman–Crippen MR) is 161 cm³/mol. The van der Waals surface area contributed by atoms with Crippen molar-refractivity contribution in [2.75, 3.05) is 12.4 Å². The molecule has 0 aliphatic heterocycles. The number of nitrogens with zero attached hydrogens (tertiary/aromatic N) is 9. The number of halogens is 1. The molecule has 2 saturated carbocycles. The van der Waals surface area contributed by atoms with Gasteiger partial charge in [-0.1, -0.05) is 0 Å². The number of ether oxygens (including phenoxy) is 1. The number of nitrogens with one attached hydrogen (secondary N) is 3. The lowest BCUT2D eigenvalue weighted by Crippen LogP contribution is -2.51. The van der Waals surface area contributed by atoms with E-state index in [4.69, 9.17) is 14.7 Å². The maximum atomic E-state index is 13.6. The molecule has 14 nitrogen and oxygen atoms in total. The third-order valence-corrected chi connectivity index (χ3v) is 8.79. The molecule has 2 aliphatic carbocycles. The third-order valence-electron chi connectivity index (χ3n) is 8.79. The molecule has 1 amide bonds. The zero-order valence-electron chi connectivity index (χ0n) is 25.4. The lowest BCUT2D eigenvalue weighted by Gasteiger charge is -2.38. The van der Waals surface area contributed by atoms with Crippen molar-refractivity contribution < 1.29 is 13.9 Å². The summed E-state index contributed by atoms with van der Waals surface area (Å²) in [7, 11) is 1.58. The second-order valence-electron chi connectivity index (χ2n) is 12.1. The van der Waals surface area contributed by atoms with Crippen LogP contribution in [-0.2, 0) is 16.1 Å². The van der Waals surface area contributed by atoms with Gasteiger partial charge in [-0.15, -0.1) is 0 Å². The molecule has 3 N–H and O–H groups in total. The Morgan fingerprint density at radius 1 is 1.13 bits per heavy atom. The molecule has 234 valence electrons. The fourth-order valence-corrected chi connectivity index (χ4v) is 5.90. The summed E-state index contributed by atoms with van der Waals surface area (Å²) in [5, 5.41) is 23.1. The van der Waals surface area contributed by atoms with Crippen LogP contribution < -0.4 is 10.6 Å². The number of fused-ring (bicyclic) bond motifs is 1. The average Bonchev–Trinajstić information content (AvgIpc) is 3.37. The molecule has 5 aromatic heterocycles. The second kappa shape index (κ2) is 11.6. The summed E-state index contributed by atoms with van der Waals surface area (Å²) in [6, 6.07) is 1.51. The minimum absolute atomic E-state index is 0.0409. The Labute approximate surface area is 258 Å². The molecule has 0 unspecified atom stereocenters. The van der Waals surface area contributed by atoms with E-state index in [0.717, 1.165) is 35.3 Å². The van der Waals surface area contributed by atoms with Gasteiger partial charge >= 0.3 is 0 Å². The Balaban J connectivity index is 1.06. The van der Waals surface area contributed by atoms with E-state index in [1.165, 1.54) is 29.9 Å². The summed E-state index contributed by atoms with van der Waals surface area (Å²) in [6.07, 6.45) is 12.0. The maximum absolute atomic E-state index is 13.6. The van der Waals surface area contributed by atoms with Gasteiger partial charge in [0, 0.05) is 31.3 Å². The number of aryl methyl sites for hydroxylation is 1. The van der Waals surface area contributed by atoms with Gasteiger partial charge < -0.3 is 15.4 Å². The lowest BCUT2D eigenvalue weighted by atomic mass is 9.77. The molecule has 5 heterocycles. The van der Waals surface area contributed by atoms with Gasteiger partial charge in [0.05, 0.1) is 48.1 Å². The van der Waals surface area contributed by atoms with Crippen molar-refractivity contribution >= 4 is 28.6 Å². The number of rotatable bonds is 10. The third kappa shape index (κ3) is 5.87. The minimum atomic E-state index is -0.990. The van der Waals surface area contributed by atoms with Gasteiger partial charge in [0.2, 0.25) is 0 Å². The fraction of sp³-hybridized carbons (Fsp3) is 0.467. The summed E-state index contributed by atoms with van der Waals surface area (Å²) in [5.41, 5.74) is 1.33. The molecule has 0 spiro atoms. The monoisotopic (exact) mass is 614 g/mol. The maximum Gasteiger partial charge on any atom is 0.252 e. The van der Waals surface area contributed by atoms with Crippen LogP contribution in [0, 0.1) is 18.7 Å². The van der Waals surface area contributed by atoms with Crippen LogP contribution in [0.15, 0.2) is 37.1 Å². The van der Waals surface area contributed by atoms with Crippen LogP contribution in [0.5, 0.6) is 0 Å². The highest BCUT2D eigenvalue weighted by Gasteiger charge is 2.43. The van der Waals surface area contributed by atoms with Gasteiger partial charge in [0.15, 0.2) is 23.1 Å². The van der Waals surface area contributed by atoms with Crippen molar-refractivity contribution in [2.45, 2.75) is 76.5 Å². The first-order valence-corrected chi connectivity index (χ1v) is 15.2. The van der Waals surface area contributed by atoms with Gasteiger partial charge in [0.1, 0.15) is 17.2 Å². The van der Waals surface area contributed by atoms with Gasteiger partial charge in [-0.2, -0.15) is 15.3 Å². The van der Waals surface area contributed by atoms with Crippen molar-refractivity contribution in [1.29, 1.82) is 0 Å². The van der Waals surface area contributed by atoms with Gasteiger partial charge in [-0.25, -0.2) is 28.7 Å². The van der Waals surface area contributed by atoms with E-state index in [9.17, 15) is 9.18 Å². The number of methoxy groups -OCH3 is 1. The normalized spacial score (nSPS) is 20.8. The Morgan fingerprint density at radius 3 is 2.60 bits per heavy atom. The summed E-state index contributed by atoms with van der Waals surface area (Å²) >= 11 is 0. The Kier molecular flexibility index (Phi) is 7.47. The first-order chi connectivity index (χ1) is 21.8. The fourth-order valence-electron chi connectivity index (χ4n) is 5.90.